The van der Waals surface area contributed by atoms with Gasteiger partial charge in [-0.25, -0.2) is 0 Å². The number of carbonyl (C=O) groups is 2. The van der Waals surface area contributed by atoms with Crippen molar-refractivity contribution in [3.8, 4) is 11.5 Å². The van der Waals surface area contributed by atoms with Crippen molar-refractivity contribution >= 4 is 40.0 Å². The highest BCUT2D eigenvalue weighted by Gasteiger charge is 2.27. The number of methoxy groups -OCH3 is 1. The second-order valence-corrected chi connectivity index (χ2v) is 6.51. The van der Waals surface area contributed by atoms with E-state index in [4.69, 9.17) is 4.74 Å². The first-order valence-electron chi connectivity index (χ1n) is 7.30. The van der Waals surface area contributed by atoms with E-state index in [9.17, 15) is 14.7 Å². The summed E-state index contributed by atoms with van der Waals surface area (Å²) in [6.07, 6.45) is 2.96. The number of amides is 2. The molecule has 3 N–H and O–H groups in total. The number of aromatic nitrogens is 1. The highest BCUT2D eigenvalue weighted by Crippen LogP contribution is 2.26. The monoisotopic (exact) mass is 451 g/mol. The third-order valence-electron chi connectivity index (χ3n) is 3.64. The van der Waals surface area contributed by atoms with Crippen molar-refractivity contribution < 1.29 is 19.4 Å². The van der Waals surface area contributed by atoms with E-state index in [1.165, 1.54) is 19.4 Å². The number of aromatic hydroxyl groups is 1. The molecule has 0 unspecified atom stereocenters. The molecule has 0 saturated heterocycles. The van der Waals surface area contributed by atoms with Crippen molar-refractivity contribution in [1.82, 2.24) is 15.6 Å². The SMILES string of the molecule is COc1cnc(CN/C=C2/C(=O)NC(=O)c3ccc(I)cc32)cc1O. The lowest BCUT2D eigenvalue weighted by atomic mass is 9.96. The van der Waals surface area contributed by atoms with E-state index in [1.807, 2.05) is 6.07 Å². The summed E-state index contributed by atoms with van der Waals surface area (Å²) >= 11 is 2.13. The number of hydrogen-bond acceptors (Lipinski definition) is 6. The number of rotatable bonds is 4. The number of hydrogen-bond donors (Lipinski definition) is 3. The Kier molecular flexibility index (Phi) is 4.88. The van der Waals surface area contributed by atoms with Gasteiger partial charge >= 0.3 is 0 Å². The van der Waals surface area contributed by atoms with Crippen LogP contribution in [0.4, 0.5) is 0 Å². The Balaban J connectivity index is 1.83. The molecule has 8 heteroatoms. The first kappa shape index (κ1) is 17.2. The minimum absolute atomic E-state index is 0.0112. The van der Waals surface area contributed by atoms with Crippen LogP contribution in [0.5, 0.6) is 11.5 Å². The molecule has 25 heavy (non-hydrogen) atoms. The van der Waals surface area contributed by atoms with E-state index in [1.54, 1.807) is 18.3 Å². The molecule has 0 fully saturated rings. The average Bonchev–Trinajstić information content (AvgIpc) is 2.57. The zero-order valence-corrected chi connectivity index (χ0v) is 15.3. The van der Waals surface area contributed by atoms with Crippen LogP contribution in [0.25, 0.3) is 5.57 Å². The Morgan fingerprint density at radius 1 is 1.28 bits per heavy atom. The van der Waals surface area contributed by atoms with E-state index in [-0.39, 0.29) is 11.5 Å². The number of nitrogens with zero attached hydrogens (tertiary/aromatic N) is 1. The summed E-state index contributed by atoms with van der Waals surface area (Å²) in [5, 5.41) is 15.1. The molecule has 1 aliphatic heterocycles. The topological polar surface area (TPSA) is 101 Å². The number of halogens is 1. The van der Waals surface area contributed by atoms with Gasteiger partial charge in [0.1, 0.15) is 0 Å². The minimum Gasteiger partial charge on any atom is -0.504 e. The average molecular weight is 451 g/mol. The fraction of sp³-hybridized carbons (Fsp3) is 0.118. The van der Waals surface area contributed by atoms with E-state index >= 15 is 0 Å². The summed E-state index contributed by atoms with van der Waals surface area (Å²) in [5.41, 5.74) is 1.98. The molecule has 2 heterocycles. The maximum absolute atomic E-state index is 12.1. The van der Waals surface area contributed by atoms with Crippen LogP contribution < -0.4 is 15.4 Å². The van der Waals surface area contributed by atoms with Crippen molar-refractivity contribution in [2.45, 2.75) is 6.54 Å². The summed E-state index contributed by atoms with van der Waals surface area (Å²) in [6.45, 7) is 0.293. The zero-order chi connectivity index (χ0) is 18.0. The highest BCUT2D eigenvalue weighted by molar-refractivity contribution is 14.1. The molecule has 0 atom stereocenters. The van der Waals surface area contributed by atoms with Crippen LogP contribution in [-0.4, -0.2) is 29.0 Å². The van der Waals surface area contributed by atoms with Gasteiger partial charge in [0.2, 0.25) is 0 Å². The molecule has 7 nitrogen and oxygen atoms in total. The molecule has 0 aliphatic carbocycles. The third kappa shape index (κ3) is 3.58. The molecule has 2 aromatic rings. The number of pyridine rings is 1. The van der Waals surface area contributed by atoms with Crippen LogP contribution in [0.3, 0.4) is 0 Å². The fourth-order valence-electron chi connectivity index (χ4n) is 2.43. The summed E-state index contributed by atoms with van der Waals surface area (Å²) < 4.78 is 5.87. The first-order valence-corrected chi connectivity index (χ1v) is 8.38. The number of carbonyl (C=O) groups excluding carboxylic acids is 2. The van der Waals surface area contributed by atoms with Crippen molar-refractivity contribution in [2.24, 2.45) is 0 Å². The molecule has 3 rings (SSSR count). The van der Waals surface area contributed by atoms with Gasteiger partial charge in [-0.15, -0.1) is 0 Å². The van der Waals surface area contributed by atoms with Crippen LogP contribution >= 0.6 is 22.6 Å². The van der Waals surface area contributed by atoms with Gasteiger partial charge in [-0.3, -0.25) is 19.9 Å². The molecule has 2 amide bonds. The van der Waals surface area contributed by atoms with Gasteiger partial charge in [0.05, 0.1) is 31.1 Å². The lowest BCUT2D eigenvalue weighted by molar-refractivity contribution is -0.114. The largest absolute Gasteiger partial charge is 0.504 e. The van der Waals surface area contributed by atoms with Crippen molar-refractivity contribution in [3.05, 3.63) is 57.1 Å². The Labute approximate surface area is 157 Å². The van der Waals surface area contributed by atoms with E-state index in [2.05, 4.69) is 38.2 Å². The second-order valence-electron chi connectivity index (χ2n) is 5.26. The fourth-order valence-corrected chi connectivity index (χ4v) is 2.92. The minimum atomic E-state index is -0.461. The quantitative estimate of drug-likeness (QED) is 0.373. The van der Waals surface area contributed by atoms with Crippen molar-refractivity contribution in [2.75, 3.05) is 7.11 Å². The predicted octanol–water partition coefficient (Wildman–Crippen LogP) is 1.80. The van der Waals surface area contributed by atoms with Gasteiger partial charge in [-0.05, 0) is 40.8 Å². The lowest BCUT2D eigenvalue weighted by Crippen LogP contribution is -2.37. The summed E-state index contributed by atoms with van der Waals surface area (Å²) in [4.78, 5) is 28.2. The first-order chi connectivity index (χ1) is 12.0. The van der Waals surface area contributed by atoms with Crippen LogP contribution in [0.1, 0.15) is 21.6 Å². The molecule has 1 aliphatic rings. The standard InChI is InChI=1S/C17H14IN3O4/c1-25-15-8-20-10(5-14(15)22)6-19-7-13-12-4-9(18)2-3-11(12)16(23)21-17(13)24/h2-5,7-8,19H,6H2,1H3,(H,20,22)(H,21,23,24)/b13-7+. The molecule has 1 aromatic heterocycles. The molecule has 0 spiro atoms. The van der Waals surface area contributed by atoms with Gasteiger partial charge in [-0.1, -0.05) is 0 Å². The lowest BCUT2D eigenvalue weighted by Gasteiger charge is -2.18. The van der Waals surface area contributed by atoms with Crippen molar-refractivity contribution in [3.63, 3.8) is 0 Å². The number of nitrogens with one attached hydrogen (secondary N) is 2. The molecule has 0 bridgehead atoms. The van der Waals surface area contributed by atoms with Crippen LogP contribution in [0.15, 0.2) is 36.7 Å². The number of imide groups is 1. The highest BCUT2D eigenvalue weighted by atomic mass is 127. The number of benzene rings is 1. The Morgan fingerprint density at radius 2 is 2.08 bits per heavy atom. The smallest absolute Gasteiger partial charge is 0.260 e. The molecular weight excluding hydrogens is 437 g/mol. The van der Waals surface area contributed by atoms with E-state index < -0.39 is 11.8 Å². The number of fused-ring (bicyclic) bond motifs is 1. The molecule has 1 aromatic carbocycles. The van der Waals surface area contributed by atoms with E-state index in [0.717, 1.165) is 3.57 Å². The predicted molar refractivity (Wildman–Crippen MR) is 98.9 cm³/mol. The summed E-state index contributed by atoms with van der Waals surface area (Å²) in [5.74, 6) is -0.591. The summed E-state index contributed by atoms with van der Waals surface area (Å²) in [7, 11) is 1.45. The Bertz CT molecular complexity index is 895. The normalized spacial score (nSPS) is 14.9. The Hall–Kier alpha value is -2.62. The van der Waals surface area contributed by atoms with Crippen molar-refractivity contribution in [1.29, 1.82) is 0 Å². The maximum atomic E-state index is 12.1. The van der Waals surface area contributed by atoms with Gasteiger partial charge < -0.3 is 15.2 Å². The van der Waals surface area contributed by atoms with Gasteiger partial charge in [0.15, 0.2) is 11.5 Å². The van der Waals surface area contributed by atoms with E-state index in [0.29, 0.717) is 28.9 Å². The van der Waals surface area contributed by atoms with Crippen LogP contribution in [0, 0.1) is 3.57 Å². The maximum Gasteiger partial charge on any atom is 0.260 e. The molecule has 0 saturated carbocycles. The van der Waals surface area contributed by atoms with Gasteiger partial charge in [-0.2, -0.15) is 0 Å². The Morgan fingerprint density at radius 3 is 2.80 bits per heavy atom. The van der Waals surface area contributed by atoms with Gasteiger partial charge in [0, 0.05) is 27.0 Å². The number of ether oxygens (including phenoxy) is 1. The third-order valence-corrected chi connectivity index (χ3v) is 4.31. The zero-order valence-electron chi connectivity index (χ0n) is 13.2. The van der Waals surface area contributed by atoms with Crippen LogP contribution in [0.2, 0.25) is 0 Å². The summed E-state index contributed by atoms with van der Waals surface area (Å²) in [6, 6.07) is 6.77. The molecular formula is C17H14IN3O4. The van der Waals surface area contributed by atoms with Gasteiger partial charge in [0.25, 0.3) is 11.8 Å². The second kappa shape index (κ2) is 7.09. The van der Waals surface area contributed by atoms with Crippen LogP contribution in [-0.2, 0) is 11.3 Å². The molecule has 0 radical (unpaired) electrons. The molecule has 128 valence electrons.